The van der Waals surface area contributed by atoms with Gasteiger partial charge in [0.25, 0.3) is 5.91 Å². The van der Waals surface area contributed by atoms with E-state index in [1.54, 1.807) is 36.1 Å². The van der Waals surface area contributed by atoms with E-state index < -0.39 is 11.7 Å². The molecule has 4 rings (SSSR count). The van der Waals surface area contributed by atoms with Crippen molar-refractivity contribution in [1.29, 1.82) is 0 Å². The van der Waals surface area contributed by atoms with Gasteiger partial charge in [0.15, 0.2) is 5.76 Å². The van der Waals surface area contributed by atoms with E-state index in [1.807, 2.05) is 31.3 Å². The van der Waals surface area contributed by atoms with E-state index in [0.29, 0.717) is 17.0 Å². The number of amides is 2. The zero-order valence-electron chi connectivity index (χ0n) is 17.5. The van der Waals surface area contributed by atoms with Crippen LogP contribution >= 0.6 is 0 Å². The largest absolute Gasteiger partial charge is 0.451 e. The molecular formula is C24H24FN3O3. The van der Waals surface area contributed by atoms with Crippen molar-refractivity contribution in [3.63, 3.8) is 0 Å². The Hall–Kier alpha value is -3.61. The molecule has 7 heteroatoms. The molecule has 0 saturated carbocycles. The molecule has 0 radical (unpaired) electrons. The Morgan fingerprint density at radius 2 is 1.84 bits per heavy atom. The molecule has 2 heterocycles. The minimum atomic E-state index is -0.405. The maximum atomic E-state index is 13.9. The number of nitrogens with one attached hydrogen (secondary N) is 1. The van der Waals surface area contributed by atoms with Crippen molar-refractivity contribution in [2.24, 2.45) is 0 Å². The summed E-state index contributed by atoms with van der Waals surface area (Å²) in [6, 6.07) is 17.1. The summed E-state index contributed by atoms with van der Waals surface area (Å²) < 4.78 is 19.5. The Morgan fingerprint density at radius 3 is 2.55 bits per heavy atom. The summed E-state index contributed by atoms with van der Waals surface area (Å²) in [5.41, 5.74) is 1.98. The first kappa shape index (κ1) is 20.7. The van der Waals surface area contributed by atoms with Crippen LogP contribution in [0.4, 0.5) is 15.8 Å². The minimum Gasteiger partial charge on any atom is -0.451 e. The van der Waals surface area contributed by atoms with Crippen LogP contribution in [0.5, 0.6) is 0 Å². The Labute approximate surface area is 180 Å². The van der Waals surface area contributed by atoms with E-state index in [1.165, 1.54) is 12.1 Å². The van der Waals surface area contributed by atoms with E-state index >= 15 is 0 Å². The fourth-order valence-corrected chi connectivity index (χ4v) is 3.76. The minimum absolute atomic E-state index is 0.0704. The molecule has 31 heavy (non-hydrogen) atoms. The number of benzene rings is 2. The van der Waals surface area contributed by atoms with E-state index in [4.69, 9.17) is 4.42 Å². The van der Waals surface area contributed by atoms with Crippen LogP contribution in [0.1, 0.15) is 23.9 Å². The van der Waals surface area contributed by atoms with Crippen LogP contribution in [0.3, 0.4) is 0 Å². The van der Waals surface area contributed by atoms with E-state index in [9.17, 15) is 14.0 Å². The second-order valence-corrected chi connectivity index (χ2v) is 7.66. The standard InChI is InChI=1S/C24H24FN3O3/c1-16(29)27(2)19-13-14-28(15-19)18-9-7-17(8-10-18)26-24(30)23-12-11-22(31-23)20-5-3-4-6-21(20)25/h3-12,19H,13-15H2,1-2H3,(H,26,30). The molecular weight excluding hydrogens is 397 g/mol. The van der Waals surface area contributed by atoms with Gasteiger partial charge < -0.3 is 19.5 Å². The number of furan rings is 1. The van der Waals surface area contributed by atoms with E-state index in [2.05, 4.69) is 10.2 Å². The lowest BCUT2D eigenvalue weighted by Gasteiger charge is -2.24. The molecule has 1 aliphatic heterocycles. The highest BCUT2D eigenvalue weighted by Gasteiger charge is 2.27. The summed E-state index contributed by atoms with van der Waals surface area (Å²) in [5, 5.41) is 2.80. The predicted octanol–water partition coefficient (Wildman–Crippen LogP) is 4.40. The predicted molar refractivity (Wildman–Crippen MR) is 118 cm³/mol. The first-order valence-electron chi connectivity index (χ1n) is 10.2. The average Bonchev–Trinajstić information content (AvgIpc) is 3.44. The maximum Gasteiger partial charge on any atom is 0.291 e. The van der Waals surface area contributed by atoms with E-state index in [-0.39, 0.29) is 17.7 Å². The molecule has 1 saturated heterocycles. The molecule has 0 spiro atoms. The molecule has 1 atom stereocenters. The molecule has 6 nitrogen and oxygen atoms in total. The second kappa shape index (κ2) is 8.63. The van der Waals surface area contributed by atoms with Gasteiger partial charge in [0.05, 0.1) is 11.6 Å². The number of carbonyl (C=O) groups is 2. The molecule has 3 aromatic rings. The molecule has 1 fully saturated rings. The lowest BCUT2D eigenvalue weighted by Crippen LogP contribution is -2.37. The number of likely N-dealkylation sites (N-methyl/N-ethyl adjacent to an activating group) is 1. The van der Waals surface area contributed by atoms with Crippen LogP contribution in [-0.4, -0.2) is 42.9 Å². The van der Waals surface area contributed by atoms with Gasteiger partial charge in [0.2, 0.25) is 5.91 Å². The Balaban J connectivity index is 1.39. The van der Waals surface area contributed by atoms with Crippen LogP contribution in [0.25, 0.3) is 11.3 Å². The monoisotopic (exact) mass is 421 g/mol. The Kier molecular flexibility index (Phi) is 5.75. The van der Waals surface area contributed by atoms with Crippen molar-refractivity contribution in [3.8, 4) is 11.3 Å². The molecule has 1 aromatic heterocycles. The Bertz CT molecular complexity index is 1090. The molecule has 2 aromatic carbocycles. The SMILES string of the molecule is CC(=O)N(C)C1CCN(c2ccc(NC(=O)c3ccc(-c4ccccc4F)o3)cc2)C1. The van der Waals surface area contributed by atoms with Gasteiger partial charge in [-0.1, -0.05) is 12.1 Å². The molecule has 160 valence electrons. The summed E-state index contributed by atoms with van der Waals surface area (Å²) in [6.07, 6.45) is 0.928. The van der Waals surface area contributed by atoms with Crippen molar-refractivity contribution in [1.82, 2.24) is 4.90 Å². The first-order valence-corrected chi connectivity index (χ1v) is 10.2. The first-order chi connectivity index (χ1) is 14.9. The number of nitrogens with zero attached hydrogens (tertiary/aromatic N) is 2. The number of hydrogen-bond acceptors (Lipinski definition) is 4. The number of carbonyl (C=O) groups excluding carboxylic acids is 2. The van der Waals surface area contributed by atoms with Gasteiger partial charge in [0, 0.05) is 38.4 Å². The lowest BCUT2D eigenvalue weighted by atomic mass is 10.1. The zero-order chi connectivity index (χ0) is 22.0. The highest BCUT2D eigenvalue weighted by atomic mass is 19.1. The summed E-state index contributed by atoms with van der Waals surface area (Å²) >= 11 is 0. The van der Waals surface area contributed by atoms with Crippen LogP contribution < -0.4 is 10.2 Å². The van der Waals surface area contributed by atoms with Crippen molar-refractivity contribution >= 4 is 23.2 Å². The third-order valence-corrected chi connectivity index (χ3v) is 5.67. The van der Waals surface area contributed by atoms with Gasteiger partial charge in [-0.3, -0.25) is 9.59 Å². The fraction of sp³-hybridized carbons (Fsp3) is 0.250. The molecule has 0 aliphatic carbocycles. The molecule has 1 unspecified atom stereocenters. The third kappa shape index (κ3) is 4.45. The van der Waals surface area contributed by atoms with Gasteiger partial charge in [-0.25, -0.2) is 4.39 Å². The highest BCUT2D eigenvalue weighted by Crippen LogP contribution is 2.27. The van der Waals surface area contributed by atoms with Gasteiger partial charge >= 0.3 is 0 Å². The lowest BCUT2D eigenvalue weighted by molar-refractivity contribution is -0.129. The third-order valence-electron chi connectivity index (χ3n) is 5.67. The van der Waals surface area contributed by atoms with E-state index in [0.717, 1.165) is 25.2 Å². The highest BCUT2D eigenvalue weighted by molar-refractivity contribution is 6.02. The second-order valence-electron chi connectivity index (χ2n) is 7.66. The van der Waals surface area contributed by atoms with Crippen molar-refractivity contribution in [2.75, 3.05) is 30.4 Å². The molecule has 2 amide bonds. The number of hydrogen-bond donors (Lipinski definition) is 1. The molecule has 1 N–H and O–H groups in total. The van der Waals surface area contributed by atoms with Crippen LogP contribution in [0, 0.1) is 5.82 Å². The smallest absolute Gasteiger partial charge is 0.291 e. The van der Waals surface area contributed by atoms with Crippen molar-refractivity contribution in [3.05, 3.63) is 72.2 Å². The summed E-state index contributed by atoms with van der Waals surface area (Å²) in [4.78, 5) is 28.1. The summed E-state index contributed by atoms with van der Waals surface area (Å²) in [5.74, 6) is -0.326. The number of anilines is 2. The van der Waals surface area contributed by atoms with Crippen molar-refractivity contribution < 1.29 is 18.4 Å². The van der Waals surface area contributed by atoms with Gasteiger partial charge in [0.1, 0.15) is 11.6 Å². The van der Waals surface area contributed by atoms with Crippen molar-refractivity contribution in [2.45, 2.75) is 19.4 Å². The van der Waals surface area contributed by atoms with Gasteiger partial charge in [-0.15, -0.1) is 0 Å². The number of rotatable bonds is 5. The summed E-state index contributed by atoms with van der Waals surface area (Å²) in [6.45, 7) is 3.24. The van der Waals surface area contributed by atoms with Crippen LogP contribution in [0.2, 0.25) is 0 Å². The van der Waals surface area contributed by atoms with Crippen LogP contribution in [-0.2, 0) is 4.79 Å². The van der Waals surface area contributed by atoms with Gasteiger partial charge in [-0.2, -0.15) is 0 Å². The van der Waals surface area contributed by atoms with Crippen LogP contribution in [0.15, 0.2) is 65.1 Å². The molecule has 0 bridgehead atoms. The summed E-state index contributed by atoms with van der Waals surface area (Å²) in [7, 11) is 1.83. The normalized spacial score (nSPS) is 15.7. The fourth-order valence-electron chi connectivity index (χ4n) is 3.76. The average molecular weight is 421 g/mol. The topological polar surface area (TPSA) is 65.8 Å². The number of halogens is 1. The quantitative estimate of drug-likeness (QED) is 0.663. The van der Waals surface area contributed by atoms with Gasteiger partial charge in [-0.05, 0) is 55.0 Å². The molecule has 1 aliphatic rings. The maximum absolute atomic E-state index is 13.9. The Morgan fingerprint density at radius 1 is 1.10 bits per heavy atom. The zero-order valence-corrected chi connectivity index (χ0v) is 17.5.